The van der Waals surface area contributed by atoms with Crippen LogP contribution in [0.1, 0.15) is 108 Å². The number of ether oxygens (including phenoxy) is 4. The van der Waals surface area contributed by atoms with E-state index in [0.717, 1.165) is 4.57 Å². The quantitative estimate of drug-likeness (QED) is 0.0186. The van der Waals surface area contributed by atoms with E-state index in [1.165, 1.54) is 69.4 Å². The van der Waals surface area contributed by atoms with E-state index in [4.69, 9.17) is 81.4 Å². The maximum Gasteiger partial charge on any atom is 0.386 e. The van der Waals surface area contributed by atoms with Crippen LogP contribution in [0.15, 0.2) is 70.9 Å². The molecule has 11 heterocycles. The van der Waals surface area contributed by atoms with Gasteiger partial charge in [-0.15, -0.1) is 0 Å². The molecular weight excluding hydrogens is 1640 g/mol. The molecule has 0 bridgehead atoms. The first-order valence-corrected chi connectivity index (χ1v) is 47.0. The fraction of sp³-hybridized carbons (Fsp3) is 0.607. The van der Waals surface area contributed by atoms with E-state index >= 15 is 0 Å². The Balaban J connectivity index is 0.758. The Kier molecular flexibility index (Phi) is 25.4. The number of hydrogen-bond acceptors (Lipinski definition) is 34. The monoisotopic (exact) mass is 1720 g/mol. The van der Waals surface area contributed by atoms with Gasteiger partial charge in [0.05, 0.1) is 64.0 Å². The molecule has 43 nitrogen and oxygen atoms in total. The number of H-pyrrole nitrogens is 4. The molecule has 0 aromatic carbocycles. The van der Waals surface area contributed by atoms with Crippen molar-refractivity contribution in [1.82, 2.24) is 67.7 Å². The average Bonchev–Trinajstić information content (AvgIpc) is 1.76. The molecule has 0 amide bonds. The molecule has 1 aliphatic carbocycles. The topological polar surface area (TPSA) is 564 Å². The molecule has 53 heteroatoms. The minimum Gasteiger partial charge on any atom is -0.383 e. The van der Waals surface area contributed by atoms with Crippen LogP contribution >= 0.6 is 95.2 Å². The number of nitrogens with two attached hydrogens (primary N) is 3. The van der Waals surface area contributed by atoms with Crippen LogP contribution in [0.3, 0.4) is 0 Å². The number of fused-ring (bicyclic) bond motifs is 2. The number of hydrogen-bond donors (Lipinski definition) is 12. The van der Waals surface area contributed by atoms with E-state index < -0.39 is 192 Å². The summed E-state index contributed by atoms with van der Waals surface area (Å²) in [7, 11) is 0. The summed E-state index contributed by atoms with van der Waals surface area (Å²) in [6.07, 6.45) is -9.14. The number of nitrogens with one attached hydrogen (secondary N) is 4. The summed E-state index contributed by atoms with van der Waals surface area (Å²) in [4.78, 5) is 120. The van der Waals surface area contributed by atoms with Gasteiger partial charge in [0, 0.05) is 60.9 Å². The highest BCUT2D eigenvalue weighted by Gasteiger charge is 2.50. The van der Waals surface area contributed by atoms with E-state index in [2.05, 4.69) is 106 Å². The number of aryl methyl sites for hydroxylation is 2. The largest absolute Gasteiger partial charge is 0.386 e. The Morgan fingerprint density at radius 3 is 1.35 bits per heavy atom. The molecule has 0 spiro atoms. The van der Waals surface area contributed by atoms with Crippen LogP contribution < -0.4 is 56.5 Å². The average molecular weight is 1720 g/mol. The summed E-state index contributed by atoms with van der Waals surface area (Å²) in [5.41, 5.74) is 12.4. The van der Waals surface area contributed by atoms with Crippen molar-refractivity contribution < 1.29 is 87.0 Å². The molecule has 10 N–H and O–H groups in total. The Morgan fingerprint density at radius 2 is 0.890 bits per heavy atom. The van der Waals surface area contributed by atoms with Crippen molar-refractivity contribution in [2.24, 2.45) is 17.8 Å². The summed E-state index contributed by atoms with van der Waals surface area (Å²) in [5.74, 6) is -1.77. The molecule has 4 saturated heterocycles. The van der Waals surface area contributed by atoms with Gasteiger partial charge in [-0.05, 0) is 64.9 Å². The molecule has 20 atom stereocenters. The van der Waals surface area contributed by atoms with E-state index in [1.54, 1.807) is 13.8 Å². The molecule has 7 aromatic rings. The smallest absolute Gasteiger partial charge is 0.383 e. The fourth-order valence-corrected chi connectivity index (χ4v) is 21.2. The summed E-state index contributed by atoms with van der Waals surface area (Å²) in [5, 5.41) is 0. The van der Waals surface area contributed by atoms with Crippen molar-refractivity contribution >= 4 is 135 Å². The van der Waals surface area contributed by atoms with Gasteiger partial charge in [-0.25, -0.2) is 47.2 Å². The minimum atomic E-state index is -4.75. The number of nitrogens with zero attached hydrogens (tertiary/aromatic N) is 10. The molecule has 1 saturated carbocycles. The third kappa shape index (κ3) is 19.9. The molecule has 5 aliphatic rings. The standard InChI is InChI=1S/C56H78N17O26P5S5/c1-24(2)30-11-40(69-8-7-39(57)62-54(69)78)91-35(30)18-87-103(84,108)98-32-12-41(71-16-27(6)49(75)68-56(71)80)92-36(32)20-90-104(85,109)99-34-14-43(73-23-61-45-47(73)64-53(59)66-51(45)77)94-38(34)21-89-102(83,107)96-31-10-29(70-15-26(5)48(74)67-55(70)79)9-28(31)17-86-101(82,106)97-33-13-42(93-37(33)19-88-100(81,105)95-25(3)4)72-22-60-44-46(72)63-52(58)65-50(44)76/h7-8,15-16,22-25,28-38,40-43H,9-14,17-21H2,1-6H3,(H,81,105)(H,82,106)(H,83,107)(H,84,108)(H,85,109)(H2,57,62,78)(H,67,74,79)(H,68,75,80)(H3,58,63,65,76)(H3,59,64,66,77)/t28-,29-,30?,31?,32?,33?,34?,35-,36-,37-,38-,40-,41-,42-,43-,100?,101?,102?,103?,104?/m1/s1. The molecule has 109 heavy (non-hydrogen) atoms. The predicted octanol–water partition coefficient (Wildman–Crippen LogP) is 5.59. The van der Waals surface area contributed by atoms with E-state index in [-0.39, 0.29) is 102 Å². The van der Waals surface area contributed by atoms with Gasteiger partial charge in [-0.3, -0.25) is 103 Å². The summed E-state index contributed by atoms with van der Waals surface area (Å²) in [6, 6.07) is 0.606. The van der Waals surface area contributed by atoms with Crippen LogP contribution in [0.2, 0.25) is 0 Å². The Bertz CT molecular complexity index is 5280. The maximum absolute atomic E-state index is 14.8. The third-order valence-electron chi connectivity index (χ3n) is 18.4. The molecule has 5 fully saturated rings. The van der Waals surface area contributed by atoms with Crippen LogP contribution in [0, 0.1) is 31.6 Å². The lowest BCUT2D eigenvalue weighted by atomic mass is 9.89. The number of aromatic nitrogens is 14. The second-order valence-electron chi connectivity index (χ2n) is 26.9. The molecule has 12 rings (SSSR count). The van der Waals surface area contributed by atoms with Crippen LogP contribution in [0.25, 0.3) is 22.3 Å². The van der Waals surface area contributed by atoms with Gasteiger partial charge in [0.2, 0.25) is 11.9 Å². The van der Waals surface area contributed by atoms with Crippen LogP contribution in [0.5, 0.6) is 0 Å². The summed E-state index contributed by atoms with van der Waals surface area (Å²) >= 11 is 21.4. The van der Waals surface area contributed by atoms with Gasteiger partial charge in [0.25, 0.3) is 22.2 Å². The lowest BCUT2D eigenvalue weighted by molar-refractivity contribution is -0.0496. The molecule has 598 valence electrons. The van der Waals surface area contributed by atoms with Crippen LogP contribution in [-0.2, 0) is 87.0 Å². The minimum absolute atomic E-state index is 0.0120. The van der Waals surface area contributed by atoms with Gasteiger partial charge in [-0.1, -0.05) is 75.1 Å². The summed E-state index contributed by atoms with van der Waals surface area (Å²) < 4.78 is 162. The normalized spacial score (nSPS) is 28.8. The first kappa shape index (κ1) is 83.1. The third-order valence-corrected chi connectivity index (χ3v) is 26.8. The zero-order valence-electron chi connectivity index (χ0n) is 58.3. The zero-order chi connectivity index (χ0) is 78.7. The van der Waals surface area contributed by atoms with Gasteiger partial charge < -0.3 is 40.7 Å². The number of nitrogen functional groups attached to an aromatic ring is 3. The lowest BCUT2D eigenvalue weighted by Gasteiger charge is -2.27. The van der Waals surface area contributed by atoms with Crippen molar-refractivity contribution in [3.63, 3.8) is 0 Å². The first-order chi connectivity index (χ1) is 51.2. The van der Waals surface area contributed by atoms with Crippen molar-refractivity contribution in [3.8, 4) is 0 Å². The van der Waals surface area contributed by atoms with Crippen LogP contribution in [0.4, 0.5) is 17.7 Å². The highest BCUT2D eigenvalue weighted by atomic mass is 32.7. The highest BCUT2D eigenvalue weighted by Crippen LogP contribution is 2.63. The Morgan fingerprint density at radius 1 is 0.486 bits per heavy atom. The zero-order valence-corrected chi connectivity index (χ0v) is 67.3. The second kappa shape index (κ2) is 33.3. The van der Waals surface area contributed by atoms with Gasteiger partial charge >= 0.3 is 51.1 Å². The van der Waals surface area contributed by atoms with Gasteiger partial charge in [-0.2, -0.15) is 15.0 Å². The Hall–Kier alpha value is -5.32. The van der Waals surface area contributed by atoms with Crippen molar-refractivity contribution in [3.05, 3.63) is 121 Å². The highest BCUT2D eigenvalue weighted by molar-refractivity contribution is 8.45. The van der Waals surface area contributed by atoms with Gasteiger partial charge in [0.1, 0.15) is 67.4 Å². The Labute approximate surface area is 641 Å². The second-order valence-corrected chi connectivity index (χ2v) is 41.2. The fourth-order valence-electron chi connectivity index (χ4n) is 13.3. The number of thiol groups is 5. The predicted molar refractivity (Wildman–Crippen MR) is 403 cm³/mol. The maximum atomic E-state index is 14.8. The van der Waals surface area contributed by atoms with Crippen molar-refractivity contribution in [2.45, 2.75) is 166 Å². The van der Waals surface area contributed by atoms with Crippen molar-refractivity contribution in [2.75, 3.05) is 50.2 Å². The number of rotatable bonds is 31. The summed E-state index contributed by atoms with van der Waals surface area (Å²) in [6.45, 7) is -15.6. The first-order valence-electron chi connectivity index (χ1n) is 33.5. The SMILES string of the molecule is Cc1cn([C@H]2CC(OP(=O)(S)OC[C@H]3O[C@@H](n4cnc5c(=O)[nH]c(N)nc54)CC3OP(=O)(S)OC[C@H]3O[C@@H](n4cc(C)c(=O)[nH]c4=O)CC3OP(=O)(S)OC[C@H]3O[C@@H](n4ccc(N)nc4=O)CC3C(C)C)[C@@H](COP(=O)(S)OC3C[C@H](n4cnc5c(=O)[nH]c(N)nc54)O[C@@H]3COP(=O)(S)OC(C)C)C2)c(=O)[nH]c1=O. The van der Waals surface area contributed by atoms with E-state index in [9.17, 15) is 56.4 Å². The van der Waals surface area contributed by atoms with E-state index in [0.29, 0.717) is 6.42 Å². The molecule has 7 aromatic heterocycles. The molecule has 4 aliphatic heterocycles. The van der Waals surface area contributed by atoms with Crippen LogP contribution in [-0.4, -0.2) is 156 Å². The molecule has 0 radical (unpaired) electrons. The van der Waals surface area contributed by atoms with E-state index in [1.807, 2.05) is 13.8 Å². The number of aromatic amines is 4. The molecular formula is C56H78N17O26P5S5. The number of imidazole rings is 2. The lowest BCUT2D eigenvalue weighted by Crippen LogP contribution is -2.33. The number of anilines is 3. The van der Waals surface area contributed by atoms with Gasteiger partial charge in [0.15, 0.2) is 22.3 Å². The molecule has 10 unspecified atom stereocenters. The van der Waals surface area contributed by atoms with Crippen molar-refractivity contribution in [1.29, 1.82) is 0 Å².